The van der Waals surface area contributed by atoms with Gasteiger partial charge in [-0.3, -0.25) is 4.90 Å². The number of nitrogen functional groups attached to an aromatic ring is 1. The van der Waals surface area contributed by atoms with Crippen LogP contribution in [-0.2, 0) is 6.18 Å². The minimum absolute atomic E-state index is 0.00446. The van der Waals surface area contributed by atoms with Crippen molar-refractivity contribution in [1.29, 1.82) is 0 Å². The highest BCUT2D eigenvalue weighted by Gasteiger charge is 2.58. The van der Waals surface area contributed by atoms with Gasteiger partial charge in [0.25, 0.3) is 0 Å². The van der Waals surface area contributed by atoms with Gasteiger partial charge in [-0.05, 0) is 17.9 Å². The maximum absolute atomic E-state index is 13.2. The molecule has 1 saturated heterocycles. The van der Waals surface area contributed by atoms with E-state index in [1.807, 2.05) is 18.4 Å². The lowest BCUT2D eigenvalue weighted by Crippen LogP contribution is -2.34. The minimum atomic E-state index is -4.63. The van der Waals surface area contributed by atoms with Gasteiger partial charge in [-0.25, -0.2) is 9.97 Å². The van der Waals surface area contributed by atoms with Crippen molar-refractivity contribution in [1.82, 2.24) is 19.4 Å². The van der Waals surface area contributed by atoms with Crippen molar-refractivity contribution in [3.8, 4) is 11.3 Å². The van der Waals surface area contributed by atoms with Crippen LogP contribution >= 0.6 is 0 Å². The molecule has 0 spiro atoms. The first-order chi connectivity index (χ1) is 13.8. The maximum atomic E-state index is 13.2. The van der Waals surface area contributed by atoms with Gasteiger partial charge < -0.3 is 10.3 Å². The maximum Gasteiger partial charge on any atom is 0.419 e. The van der Waals surface area contributed by atoms with E-state index in [2.05, 4.69) is 9.97 Å². The third-order valence-electron chi connectivity index (χ3n) is 5.75. The van der Waals surface area contributed by atoms with E-state index in [9.17, 15) is 26.3 Å². The molecule has 2 unspecified atom stereocenters. The van der Waals surface area contributed by atoms with Crippen LogP contribution in [0.5, 0.6) is 0 Å². The Morgan fingerprint density at radius 2 is 1.77 bits per heavy atom. The lowest BCUT2D eigenvalue weighted by atomic mass is 10.1. The molecule has 30 heavy (non-hydrogen) atoms. The molecule has 0 aromatic carbocycles. The fourth-order valence-electron chi connectivity index (χ4n) is 4.43. The standard InChI is InChI=1S/C19H21F6N5/c1-9(2)17-28-14(10-3-13(19(23,24)25)16(26)27-4-10)7-30(17)15-11-5-29(6-12(11)15)8-18(20,21)22/h3-4,7,9,11-12,15H,5-6,8H2,1-2H3,(H2,26,27). The second-order valence-electron chi connectivity index (χ2n) is 8.33. The van der Waals surface area contributed by atoms with Crippen molar-refractivity contribution in [3.05, 3.63) is 29.8 Å². The number of piperidine rings is 1. The molecule has 2 atom stereocenters. The molecule has 1 aliphatic carbocycles. The number of rotatable bonds is 4. The van der Waals surface area contributed by atoms with Crippen molar-refractivity contribution in [2.75, 3.05) is 25.4 Å². The summed E-state index contributed by atoms with van der Waals surface area (Å²) in [7, 11) is 0. The quantitative estimate of drug-likeness (QED) is 0.729. The molecule has 0 radical (unpaired) electrons. The van der Waals surface area contributed by atoms with E-state index in [1.165, 1.54) is 11.1 Å². The largest absolute Gasteiger partial charge is 0.419 e. The number of aromatic nitrogens is 3. The molecule has 1 saturated carbocycles. The lowest BCUT2D eigenvalue weighted by Gasteiger charge is -2.22. The average molecular weight is 433 g/mol. The monoisotopic (exact) mass is 433 g/mol. The van der Waals surface area contributed by atoms with Crippen molar-refractivity contribution in [2.24, 2.45) is 11.8 Å². The smallest absolute Gasteiger partial charge is 0.383 e. The third kappa shape index (κ3) is 3.86. The average Bonchev–Trinajstić information content (AvgIpc) is 2.95. The minimum Gasteiger partial charge on any atom is -0.383 e. The number of nitrogens with two attached hydrogens (primary N) is 1. The lowest BCUT2D eigenvalue weighted by molar-refractivity contribution is -0.144. The van der Waals surface area contributed by atoms with Crippen LogP contribution < -0.4 is 5.73 Å². The van der Waals surface area contributed by atoms with E-state index in [0.29, 0.717) is 24.6 Å². The van der Waals surface area contributed by atoms with Gasteiger partial charge in [0.1, 0.15) is 11.6 Å². The molecule has 2 N–H and O–H groups in total. The van der Waals surface area contributed by atoms with Gasteiger partial charge in [0.15, 0.2) is 0 Å². The Morgan fingerprint density at radius 1 is 1.13 bits per heavy atom. The number of alkyl halides is 6. The van der Waals surface area contributed by atoms with Crippen LogP contribution in [0.2, 0.25) is 0 Å². The van der Waals surface area contributed by atoms with Gasteiger partial charge in [-0.1, -0.05) is 13.8 Å². The number of hydrogen-bond acceptors (Lipinski definition) is 4. The summed E-state index contributed by atoms with van der Waals surface area (Å²) in [6, 6.07) is 0.940. The van der Waals surface area contributed by atoms with E-state index in [1.54, 1.807) is 6.20 Å². The number of pyridine rings is 1. The topological polar surface area (TPSA) is 60.0 Å². The van der Waals surface area contributed by atoms with Crippen LogP contribution in [0.4, 0.5) is 32.2 Å². The molecule has 2 aliphatic rings. The molecule has 2 aromatic rings. The summed E-state index contributed by atoms with van der Waals surface area (Å²) in [6.07, 6.45) is -5.93. The molecule has 164 valence electrons. The second-order valence-corrected chi connectivity index (χ2v) is 8.33. The zero-order chi connectivity index (χ0) is 22.0. The highest BCUT2D eigenvalue weighted by Crippen LogP contribution is 2.56. The first-order valence-corrected chi connectivity index (χ1v) is 9.56. The molecule has 2 aromatic heterocycles. The zero-order valence-electron chi connectivity index (χ0n) is 16.3. The summed E-state index contributed by atoms with van der Waals surface area (Å²) in [5, 5.41) is 0. The molecular weight excluding hydrogens is 412 g/mol. The predicted molar refractivity (Wildman–Crippen MR) is 97.5 cm³/mol. The van der Waals surface area contributed by atoms with Gasteiger partial charge in [0.2, 0.25) is 0 Å². The van der Waals surface area contributed by atoms with Gasteiger partial charge in [-0.2, -0.15) is 26.3 Å². The van der Waals surface area contributed by atoms with E-state index in [4.69, 9.17) is 5.73 Å². The number of nitrogens with zero attached hydrogens (tertiary/aromatic N) is 4. The highest BCUT2D eigenvalue weighted by atomic mass is 19.4. The molecule has 1 aliphatic heterocycles. The molecule has 11 heteroatoms. The predicted octanol–water partition coefficient (Wildman–Crippen LogP) is 4.33. The summed E-state index contributed by atoms with van der Waals surface area (Å²) in [6.45, 7) is 3.61. The molecule has 3 heterocycles. The Labute approximate surface area is 168 Å². The van der Waals surface area contributed by atoms with E-state index >= 15 is 0 Å². The molecular formula is C19H21F6N5. The highest BCUT2D eigenvalue weighted by molar-refractivity contribution is 5.62. The first kappa shape index (κ1) is 21.0. The number of likely N-dealkylation sites (tertiary alicyclic amines) is 1. The first-order valence-electron chi connectivity index (χ1n) is 9.56. The normalized spacial score (nSPS) is 24.5. The van der Waals surface area contributed by atoms with Crippen molar-refractivity contribution < 1.29 is 26.3 Å². The van der Waals surface area contributed by atoms with E-state index < -0.39 is 30.3 Å². The van der Waals surface area contributed by atoms with Gasteiger partial charge in [0.05, 0.1) is 17.8 Å². The fourth-order valence-corrected chi connectivity index (χ4v) is 4.43. The second kappa shape index (κ2) is 6.86. The summed E-state index contributed by atoms with van der Waals surface area (Å²) >= 11 is 0. The molecule has 5 nitrogen and oxygen atoms in total. The van der Waals surface area contributed by atoms with E-state index in [0.717, 1.165) is 6.07 Å². The summed E-state index contributed by atoms with van der Waals surface area (Å²) < 4.78 is 79.3. The van der Waals surface area contributed by atoms with Crippen LogP contribution in [0.25, 0.3) is 11.3 Å². The van der Waals surface area contributed by atoms with Gasteiger partial charge >= 0.3 is 12.4 Å². The Bertz CT molecular complexity index is 936. The molecule has 4 rings (SSSR count). The van der Waals surface area contributed by atoms with Crippen molar-refractivity contribution >= 4 is 5.82 Å². The Morgan fingerprint density at radius 3 is 2.30 bits per heavy atom. The number of fused-ring (bicyclic) bond motifs is 1. The number of hydrogen-bond donors (Lipinski definition) is 1. The molecule has 2 fully saturated rings. The number of anilines is 1. The fraction of sp³-hybridized carbons (Fsp3) is 0.579. The Balaban J connectivity index is 1.60. The zero-order valence-corrected chi connectivity index (χ0v) is 16.3. The van der Waals surface area contributed by atoms with Crippen LogP contribution in [0.1, 0.15) is 37.2 Å². The van der Waals surface area contributed by atoms with Crippen molar-refractivity contribution in [2.45, 2.75) is 38.2 Å². The van der Waals surface area contributed by atoms with E-state index in [-0.39, 0.29) is 29.4 Å². The Hall–Kier alpha value is -2.30. The SMILES string of the molecule is CC(C)c1nc(-c2cnc(N)c(C(F)(F)F)c2)cn1C1C2CN(CC(F)(F)F)CC21. The van der Waals surface area contributed by atoms with Gasteiger partial charge in [0, 0.05) is 43.0 Å². The number of halogens is 6. The third-order valence-corrected chi connectivity index (χ3v) is 5.75. The van der Waals surface area contributed by atoms with Crippen LogP contribution in [-0.4, -0.2) is 45.2 Å². The van der Waals surface area contributed by atoms with Crippen LogP contribution in [0.3, 0.4) is 0 Å². The summed E-state index contributed by atoms with van der Waals surface area (Å²) in [5.41, 5.74) is 4.89. The molecule has 0 bridgehead atoms. The summed E-state index contributed by atoms with van der Waals surface area (Å²) in [4.78, 5) is 9.58. The summed E-state index contributed by atoms with van der Waals surface area (Å²) in [5.74, 6) is 0.257. The van der Waals surface area contributed by atoms with Gasteiger partial charge in [-0.15, -0.1) is 0 Å². The van der Waals surface area contributed by atoms with Crippen molar-refractivity contribution in [3.63, 3.8) is 0 Å². The van der Waals surface area contributed by atoms with Crippen LogP contribution in [0, 0.1) is 11.8 Å². The molecule has 0 amide bonds. The number of imidazole rings is 1. The Kier molecular flexibility index (Phi) is 4.79. The van der Waals surface area contributed by atoms with Crippen LogP contribution in [0.15, 0.2) is 18.5 Å².